The van der Waals surface area contributed by atoms with Crippen LogP contribution in [0.4, 0.5) is 11.5 Å². The minimum absolute atomic E-state index is 0.0508. The van der Waals surface area contributed by atoms with Gasteiger partial charge in [0.15, 0.2) is 0 Å². The van der Waals surface area contributed by atoms with Crippen molar-refractivity contribution in [3.8, 4) is 17.5 Å². The van der Waals surface area contributed by atoms with Gasteiger partial charge in [0.2, 0.25) is 0 Å². The SMILES string of the molecule is C1=CC2c3ccc4c5ccccc5n(-c5cccc(-n6c7ccccc7c7ccccc76)n5)c4c3N(c3cccc(-n4c5ccccc5c5ccccc54)n3)C2C=C1. The topological polar surface area (TPSA) is 43.8 Å². The van der Waals surface area contributed by atoms with Gasteiger partial charge in [-0.3, -0.25) is 13.7 Å². The molecule has 58 heavy (non-hydrogen) atoms. The largest absolute Gasteiger partial charge is 0.316 e. The Hall–Kier alpha value is -7.70. The molecule has 11 aromatic rings. The lowest BCUT2D eigenvalue weighted by molar-refractivity contribution is 0.737. The lowest BCUT2D eigenvalue weighted by Crippen LogP contribution is -2.29. The zero-order valence-electron chi connectivity index (χ0n) is 31.3. The lowest BCUT2D eigenvalue weighted by Gasteiger charge is -2.28. The van der Waals surface area contributed by atoms with Crippen LogP contribution in [0.2, 0.25) is 0 Å². The number of benzene rings is 6. The number of nitrogens with zero attached hydrogens (tertiary/aromatic N) is 6. The highest BCUT2D eigenvalue weighted by atomic mass is 15.3. The maximum Gasteiger partial charge on any atom is 0.140 e. The van der Waals surface area contributed by atoms with Crippen molar-refractivity contribution in [2.24, 2.45) is 0 Å². The van der Waals surface area contributed by atoms with Crippen molar-refractivity contribution in [1.29, 1.82) is 0 Å². The molecule has 0 fully saturated rings. The molecule has 6 nitrogen and oxygen atoms in total. The van der Waals surface area contributed by atoms with Crippen LogP contribution in [0.25, 0.3) is 82.9 Å². The third kappa shape index (κ3) is 4.26. The molecule has 272 valence electrons. The molecule has 13 rings (SSSR count). The van der Waals surface area contributed by atoms with Crippen LogP contribution < -0.4 is 4.90 Å². The van der Waals surface area contributed by atoms with Crippen LogP contribution in [-0.2, 0) is 0 Å². The van der Waals surface area contributed by atoms with Crippen LogP contribution in [0.3, 0.4) is 0 Å². The summed E-state index contributed by atoms with van der Waals surface area (Å²) >= 11 is 0. The third-order valence-electron chi connectivity index (χ3n) is 12.4. The minimum Gasteiger partial charge on any atom is -0.316 e. The maximum atomic E-state index is 5.56. The Balaban J connectivity index is 1.07. The molecule has 6 heteroatoms. The third-order valence-corrected chi connectivity index (χ3v) is 12.4. The molecule has 2 atom stereocenters. The van der Waals surface area contributed by atoms with E-state index in [-0.39, 0.29) is 12.0 Å². The second-order valence-corrected chi connectivity index (χ2v) is 15.4. The van der Waals surface area contributed by atoms with Gasteiger partial charge in [0.25, 0.3) is 0 Å². The molecule has 0 N–H and O–H groups in total. The van der Waals surface area contributed by atoms with Gasteiger partial charge in [-0.05, 0) is 60.2 Å². The van der Waals surface area contributed by atoms with Gasteiger partial charge >= 0.3 is 0 Å². The number of hydrogen-bond acceptors (Lipinski definition) is 3. The van der Waals surface area contributed by atoms with Gasteiger partial charge in [0.05, 0.1) is 44.8 Å². The van der Waals surface area contributed by atoms with Gasteiger partial charge in [0.1, 0.15) is 23.3 Å². The highest BCUT2D eigenvalue weighted by molar-refractivity contribution is 6.15. The highest BCUT2D eigenvalue weighted by Crippen LogP contribution is 2.52. The van der Waals surface area contributed by atoms with Gasteiger partial charge in [-0.1, -0.05) is 140 Å². The Morgan fingerprint density at radius 2 is 0.759 bits per heavy atom. The summed E-state index contributed by atoms with van der Waals surface area (Å²) < 4.78 is 6.99. The number of pyridine rings is 2. The van der Waals surface area contributed by atoms with Crippen LogP contribution in [0.5, 0.6) is 0 Å². The second-order valence-electron chi connectivity index (χ2n) is 15.4. The van der Waals surface area contributed by atoms with Crippen LogP contribution in [-0.4, -0.2) is 29.7 Å². The number of anilines is 2. The smallest absolute Gasteiger partial charge is 0.140 e. The Labute approximate surface area is 333 Å². The average Bonchev–Trinajstić information content (AvgIpc) is 4.02. The number of fused-ring (bicyclic) bond motifs is 13. The van der Waals surface area contributed by atoms with E-state index < -0.39 is 0 Å². The molecule has 0 saturated heterocycles. The second kappa shape index (κ2) is 11.9. The molecule has 2 unspecified atom stereocenters. The summed E-state index contributed by atoms with van der Waals surface area (Å²) in [6, 6.07) is 60.8. The van der Waals surface area contributed by atoms with Crippen molar-refractivity contribution in [2.75, 3.05) is 4.90 Å². The van der Waals surface area contributed by atoms with Crippen molar-refractivity contribution < 1.29 is 0 Å². The van der Waals surface area contributed by atoms with E-state index in [1.54, 1.807) is 0 Å². The summed E-state index contributed by atoms with van der Waals surface area (Å²) in [5, 5.41) is 7.26. The van der Waals surface area contributed by atoms with Gasteiger partial charge in [-0.2, -0.15) is 0 Å². The summed E-state index contributed by atoms with van der Waals surface area (Å²) in [6.45, 7) is 0. The van der Waals surface area contributed by atoms with Gasteiger partial charge in [-0.25, -0.2) is 9.97 Å². The normalized spacial score (nSPS) is 16.1. The molecule has 0 amide bonds. The Morgan fingerprint density at radius 1 is 0.345 bits per heavy atom. The first-order valence-electron chi connectivity index (χ1n) is 19.9. The van der Waals surface area contributed by atoms with E-state index in [1.807, 2.05) is 0 Å². The fraction of sp³-hybridized carbons (Fsp3) is 0.0385. The molecule has 6 aromatic carbocycles. The zero-order valence-corrected chi connectivity index (χ0v) is 31.3. The zero-order chi connectivity index (χ0) is 37.9. The standard InChI is InChI=1S/C52H34N6/c1-7-21-41-33(15-1)34-16-2-8-22-42(34)55(41)47-27-13-29-49(53-47)57-45-25-11-5-19-37(45)39-31-32-40-38-20-6-12-26-46(38)58(52(40)51(39)57)50-30-14-28-48(54-50)56-43-23-9-3-17-35(43)36-18-4-10-24-44(36)56/h1-32,37,45H. The van der Waals surface area contributed by atoms with Crippen LogP contribution in [0.1, 0.15) is 11.5 Å². The number of hydrogen-bond donors (Lipinski definition) is 0. The van der Waals surface area contributed by atoms with Gasteiger partial charge in [-0.15, -0.1) is 0 Å². The molecule has 2 aliphatic rings. The van der Waals surface area contributed by atoms with E-state index in [2.05, 4.69) is 213 Å². The predicted molar refractivity (Wildman–Crippen MR) is 238 cm³/mol. The summed E-state index contributed by atoms with van der Waals surface area (Å²) in [7, 11) is 0. The molecule has 0 radical (unpaired) electrons. The van der Waals surface area contributed by atoms with E-state index in [0.717, 1.165) is 62.1 Å². The molecule has 1 aliphatic carbocycles. The van der Waals surface area contributed by atoms with Crippen molar-refractivity contribution in [1.82, 2.24) is 23.7 Å². The maximum absolute atomic E-state index is 5.56. The monoisotopic (exact) mass is 742 g/mol. The Kier molecular flexibility index (Phi) is 6.46. The van der Waals surface area contributed by atoms with E-state index in [1.165, 1.54) is 37.9 Å². The summed E-state index contributed by atoms with van der Waals surface area (Å²) in [4.78, 5) is 13.6. The average molecular weight is 743 g/mol. The van der Waals surface area contributed by atoms with Crippen molar-refractivity contribution in [3.05, 3.63) is 200 Å². The first kappa shape index (κ1) is 31.5. The Bertz CT molecular complexity index is 3450. The van der Waals surface area contributed by atoms with Crippen molar-refractivity contribution in [3.63, 3.8) is 0 Å². The van der Waals surface area contributed by atoms with E-state index >= 15 is 0 Å². The first-order valence-corrected chi connectivity index (χ1v) is 19.9. The number of aromatic nitrogens is 5. The molecular formula is C52H34N6. The van der Waals surface area contributed by atoms with Crippen LogP contribution in [0.15, 0.2) is 194 Å². The van der Waals surface area contributed by atoms with Crippen molar-refractivity contribution >= 4 is 76.9 Å². The fourth-order valence-corrected chi connectivity index (χ4v) is 10.0. The first-order chi connectivity index (χ1) is 28.8. The fourth-order valence-electron chi connectivity index (χ4n) is 10.0. The molecule has 0 bridgehead atoms. The molecule has 6 heterocycles. The molecular weight excluding hydrogens is 709 g/mol. The lowest BCUT2D eigenvalue weighted by atomic mass is 9.91. The van der Waals surface area contributed by atoms with E-state index in [0.29, 0.717) is 0 Å². The number of para-hydroxylation sites is 5. The summed E-state index contributed by atoms with van der Waals surface area (Å²) in [5.74, 6) is 3.71. The van der Waals surface area contributed by atoms with Gasteiger partial charge in [0, 0.05) is 38.2 Å². The molecule has 0 saturated carbocycles. The van der Waals surface area contributed by atoms with E-state index in [9.17, 15) is 0 Å². The Morgan fingerprint density at radius 3 is 1.29 bits per heavy atom. The number of allylic oxidation sites excluding steroid dienone is 2. The summed E-state index contributed by atoms with van der Waals surface area (Å²) in [5.41, 5.74) is 9.26. The quantitative estimate of drug-likeness (QED) is 0.180. The minimum atomic E-state index is 0.0508. The molecule has 5 aromatic heterocycles. The summed E-state index contributed by atoms with van der Waals surface area (Å²) in [6.07, 6.45) is 9.05. The molecule has 1 aliphatic heterocycles. The van der Waals surface area contributed by atoms with Crippen LogP contribution in [0, 0.1) is 0 Å². The van der Waals surface area contributed by atoms with Crippen LogP contribution >= 0.6 is 0 Å². The van der Waals surface area contributed by atoms with E-state index in [4.69, 9.17) is 9.97 Å². The predicted octanol–water partition coefficient (Wildman–Crippen LogP) is 12.5. The highest BCUT2D eigenvalue weighted by Gasteiger charge is 2.40. The molecule has 0 spiro atoms. The van der Waals surface area contributed by atoms with Crippen molar-refractivity contribution in [2.45, 2.75) is 12.0 Å². The van der Waals surface area contributed by atoms with Gasteiger partial charge < -0.3 is 4.90 Å². The number of rotatable bonds is 4.